The number of rotatable bonds is 4. The summed E-state index contributed by atoms with van der Waals surface area (Å²) in [5.74, 6) is 0.423. The SMILES string of the molecule is CCc1ccc([C@H](NC(=O)OC)C(=O)OC)o1. The number of carbonyl (C=O) groups excluding carboxylic acids is 2. The summed E-state index contributed by atoms with van der Waals surface area (Å²) >= 11 is 0. The summed E-state index contributed by atoms with van der Waals surface area (Å²) in [5.41, 5.74) is 0. The Balaban J connectivity index is 2.89. The molecule has 0 aliphatic rings. The first-order valence-electron chi connectivity index (χ1n) is 5.13. The van der Waals surface area contributed by atoms with E-state index in [2.05, 4.69) is 14.8 Å². The Morgan fingerprint density at radius 3 is 2.53 bits per heavy atom. The molecule has 6 nitrogen and oxygen atoms in total. The van der Waals surface area contributed by atoms with E-state index >= 15 is 0 Å². The van der Waals surface area contributed by atoms with Crippen molar-refractivity contribution in [1.82, 2.24) is 5.32 Å². The lowest BCUT2D eigenvalue weighted by Crippen LogP contribution is -2.34. The standard InChI is InChI=1S/C11H15NO5/c1-4-7-5-6-8(17-7)9(10(13)15-2)12-11(14)16-3/h5-6,9H,4H2,1-3H3,(H,12,14)/t9-/m0/s1. The summed E-state index contributed by atoms with van der Waals surface area (Å²) in [5, 5.41) is 2.34. The minimum atomic E-state index is -0.993. The first kappa shape index (κ1) is 13.1. The number of carbonyl (C=O) groups is 2. The molecule has 0 saturated carbocycles. The Morgan fingerprint density at radius 1 is 1.35 bits per heavy atom. The molecule has 0 unspecified atom stereocenters. The molecule has 0 saturated heterocycles. The van der Waals surface area contributed by atoms with Crippen molar-refractivity contribution in [3.05, 3.63) is 23.7 Å². The van der Waals surface area contributed by atoms with Crippen LogP contribution in [0, 0.1) is 0 Å². The quantitative estimate of drug-likeness (QED) is 0.806. The van der Waals surface area contributed by atoms with Crippen molar-refractivity contribution in [3.63, 3.8) is 0 Å². The van der Waals surface area contributed by atoms with Crippen molar-refractivity contribution in [3.8, 4) is 0 Å². The van der Waals surface area contributed by atoms with E-state index in [4.69, 9.17) is 4.42 Å². The monoisotopic (exact) mass is 241 g/mol. The van der Waals surface area contributed by atoms with Crippen molar-refractivity contribution in [2.24, 2.45) is 0 Å². The smallest absolute Gasteiger partial charge is 0.407 e. The van der Waals surface area contributed by atoms with Gasteiger partial charge in [0.2, 0.25) is 0 Å². The third-order valence-corrected chi connectivity index (χ3v) is 2.20. The lowest BCUT2D eigenvalue weighted by molar-refractivity contribution is -0.143. The molecule has 1 N–H and O–H groups in total. The van der Waals surface area contributed by atoms with Crippen LogP contribution in [0.15, 0.2) is 16.5 Å². The molecule has 0 spiro atoms. The first-order chi connectivity index (χ1) is 8.12. The van der Waals surface area contributed by atoms with Crippen LogP contribution in [0.1, 0.15) is 24.5 Å². The Morgan fingerprint density at radius 2 is 2.06 bits per heavy atom. The molecule has 0 aromatic carbocycles. The van der Waals surface area contributed by atoms with E-state index in [-0.39, 0.29) is 0 Å². The van der Waals surface area contributed by atoms with Gasteiger partial charge in [0.15, 0.2) is 6.04 Å². The zero-order chi connectivity index (χ0) is 12.8. The molecule has 1 aromatic heterocycles. The summed E-state index contributed by atoms with van der Waals surface area (Å²) in [4.78, 5) is 22.6. The average molecular weight is 241 g/mol. The van der Waals surface area contributed by atoms with Crippen molar-refractivity contribution >= 4 is 12.1 Å². The second kappa shape index (κ2) is 5.93. The molecule has 94 valence electrons. The fourth-order valence-corrected chi connectivity index (χ4v) is 1.28. The summed E-state index contributed by atoms with van der Waals surface area (Å²) < 4.78 is 14.4. The van der Waals surface area contributed by atoms with Crippen molar-refractivity contribution < 1.29 is 23.5 Å². The fourth-order valence-electron chi connectivity index (χ4n) is 1.28. The highest BCUT2D eigenvalue weighted by Gasteiger charge is 2.27. The minimum Gasteiger partial charge on any atom is -0.467 e. The Hall–Kier alpha value is -1.98. The number of furan rings is 1. The van der Waals surface area contributed by atoms with Gasteiger partial charge in [-0.25, -0.2) is 9.59 Å². The number of hydrogen-bond acceptors (Lipinski definition) is 5. The van der Waals surface area contributed by atoms with Crippen LogP contribution in [0.5, 0.6) is 0 Å². The zero-order valence-electron chi connectivity index (χ0n) is 9.98. The van der Waals surface area contributed by atoms with Gasteiger partial charge < -0.3 is 19.2 Å². The van der Waals surface area contributed by atoms with Crippen LogP contribution in [0.3, 0.4) is 0 Å². The number of amides is 1. The van der Waals surface area contributed by atoms with E-state index in [1.165, 1.54) is 14.2 Å². The molecule has 0 radical (unpaired) electrons. The van der Waals surface area contributed by atoms with E-state index in [0.717, 1.165) is 5.76 Å². The molecule has 1 atom stereocenters. The number of hydrogen-bond donors (Lipinski definition) is 1. The predicted octanol–water partition coefficient (Wildman–Crippen LogP) is 1.41. The van der Waals surface area contributed by atoms with Gasteiger partial charge in [-0.15, -0.1) is 0 Å². The van der Waals surface area contributed by atoms with E-state index in [9.17, 15) is 9.59 Å². The molecule has 0 fully saturated rings. The van der Waals surface area contributed by atoms with E-state index in [1.807, 2.05) is 6.92 Å². The molecule has 1 heterocycles. The van der Waals surface area contributed by atoms with Gasteiger partial charge >= 0.3 is 12.1 Å². The van der Waals surface area contributed by atoms with Gasteiger partial charge in [-0.05, 0) is 12.1 Å². The molecule has 1 amide bonds. The van der Waals surface area contributed by atoms with Crippen LogP contribution < -0.4 is 5.32 Å². The highest BCUT2D eigenvalue weighted by atomic mass is 16.5. The van der Waals surface area contributed by atoms with Gasteiger partial charge in [0.25, 0.3) is 0 Å². The van der Waals surface area contributed by atoms with Crippen molar-refractivity contribution in [2.75, 3.05) is 14.2 Å². The molecule has 0 aliphatic carbocycles. The second-order valence-electron chi connectivity index (χ2n) is 3.25. The van der Waals surface area contributed by atoms with Crippen LogP contribution in [0.25, 0.3) is 0 Å². The highest BCUT2D eigenvalue weighted by molar-refractivity contribution is 5.81. The molecule has 6 heteroatoms. The lowest BCUT2D eigenvalue weighted by Gasteiger charge is -2.13. The molecule has 17 heavy (non-hydrogen) atoms. The van der Waals surface area contributed by atoms with Gasteiger partial charge in [-0.2, -0.15) is 0 Å². The topological polar surface area (TPSA) is 77.8 Å². The van der Waals surface area contributed by atoms with Crippen molar-refractivity contribution in [1.29, 1.82) is 0 Å². The predicted molar refractivity (Wildman–Crippen MR) is 58.4 cm³/mol. The molecule has 1 aromatic rings. The average Bonchev–Trinajstić information content (AvgIpc) is 2.83. The van der Waals surface area contributed by atoms with E-state index < -0.39 is 18.1 Å². The second-order valence-corrected chi connectivity index (χ2v) is 3.25. The van der Waals surface area contributed by atoms with Crippen LogP contribution in [-0.2, 0) is 20.7 Å². The van der Waals surface area contributed by atoms with E-state index in [1.54, 1.807) is 12.1 Å². The number of ether oxygens (including phenoxy) is 2. The van der Waals surface area contributed by atoms with Gasteiger partial charge in [-0.3, -0.25) is 0 Å². The third-order valence-electron chi connectivity index (χ3n) is 2.20. The minimum absolute atomic E-state index is 0.319. The normalized spacial score (nSPS) is 11.7. The fraction of sp³-hybridized carbons (Fsp3) is 0.455. The van der Waals surface area contributed by atoms with Gasteiger partial charge in [-0.1, -0.05) is 6.92 Å². The van der Waals surface area contributed by atoms with Crippen LogP contribution in [-0.4, -0.2) is 26.3 Å². The summed E-state index contributed by atoms with van der Waals surface area (Å²) in [6, 6.07) is 2.37. The molecular weight excluding hydrogens is 226 g/mol. The molecule has 0 aliphatic heterocycles. The largest absolute Gasteiger partial charge is 0.467 e. The Kier molecular flexibility index (Phi) is 4.56. The zero-order valence-corrected chi connectivity index (χ0v) is 9.98. The van der Waals surface area contributed by atoms with Gasteiger partial charge in [0.05, 0.1) is 14.2 Å². The maximum Gasteiger partial charge on any atom is 0.407 e. The van der Waals surface area contributed by atoms with Crippen LogP contribution >= 0.6 is 0 Å². The number of alkyl carbamates (subject to hydrolysis) is 1. The Labute approximate surface area is 98.9 Å². The van der Waals surface area contributed by atoms with Crippen molar-refractivity contribution in [2.45, 2.75) is 19.4 Å². The Bertz CT molecular complexity index is 398. The van der Waals surface area contributed by atoms with Gasteiger partial charge in [0.1, 0.15) is 11.5 Å². The summed E-state index contributed by atoms with van der Waals surface area (Å²) in [6.45, 7) is 1.92. The molecule has 0 bridgehead atoms. The van der Waals surface area contributed by atoms with E-state index in [0.29, 0.717) is 12.2 Å². The summed E-state index contributed by atoms with van der Waals surface area (Å²) in [6.07, 6.45) is -0.0265. The maximum absolute atomic E-state index is 11.5. The van der Waals surface area contributed by atoms with Crippen LogP contribution in [0.2, 0.25) is 0 Å². The molecular formula is C11H15NO5. The molecule has 1 rings (SSSR count). The number of nitrogens with one attached hydrogen (secondary N) is 1. The summed E-state index contributed by atoms with van der Waals surface area (Å²) in [7, 11) is 2.45. The number of aryl methyl sites for hydroxylation is 1. The number of esters is 1. The number of methoxy groups -OCH3 is 2. The first-order valence-corrected chi connectivity index (χ1v) is 5.13. The third kappa shape index (κ3) is 3.24. The lowest BCUT2D eigenvalue weighted by atomic mass is 10.2. The van der Waals surface area contributed by atoms with Gasteiger partial charge in [0, 0.05) is 6.42 Å². The highest BCUT2D eigenvalue weighted by Crippen LogP contribution is 2.18. The maximum atomic E-state index is 11.5. The van der Waals surface area contributed by atoms with Crippen LogP contribution in [0.4, 0.5) is 4.79 Å².